The highest BCUT2D eigenvalue weighted by Gasteiger charge is 2.08. The third-order valence-electron chi connectivity index (χ3n) is 1.24. The first kappa shape index (κ1) is 12.2. The number of nitrogens with one attached hydrogen (secondary N) is 1. The van der Waals surface area contributed by atoms with Crippen LogP contribution in [-0.4, -0.2) is 19.3 Å². The van der Waals surface area contributed by atoms with E-state index in [-0.39, 0.29) is 25.9 Å². The number of hydrogen-bond acceptors (Lipinski definition) is 1. The van der Waals surface area contributed by atoms with Crippen LogP contribution < -0.4 is 5.32 Å². The van der Waals surface area contributed by atoms with Crippen LogP contribution in [0.15, 0.2) is 0 Å². The molecule has 1 N–H and O–H groups in total. The zero-order valence-corrected chi connectivity index (χ0v) is 7.01. The molecule has 1 aliphatic rings. The van der Waals surface area contributed by atoms with E-state index < -0.39 is 6.17 Å². The summed E-state index contributed by atoms with van der Waals surface area (Å²) in [5, 5.41) is 2.96. The van der Waals surface area contributed by atoms with Gasteiger partial charge in [-0.25, -0.2) is 4.39 Å². The molecule has 0 aromatic heterocycles. The quantitative estimate of drug-likeness (QED) is 0.582. The van der Waals surface area contributed by atoms with Crippen molar-refractivity contribution in [2.24, 2.45) is 0 Å². The molecular weight excluding hydrogens is 161 g/mol. The summed E-state index contributed by atoms with van der Waals surface area (Å²) in [7, 11) is 0. The van der Waals surface area contributed by atoms with Crippen molar-refractivity contribution in [1.82, 2.24) is 5.32 Å². The first-order valence-corrected chi connectivity index (χ1v) is 2.74. The lowest BCUT2D eigenvalue weighted by molar-refractivity contribution is 0.266. The van der Waals surface area contributed by atoms with Crippen LogP contribution in [0, 0.1) is 0 Å². The normalized spacial score (nSPS) is 25.7. The SMILES string of the molecule is Cl.F[C@H]1CCCNC1.S. The Morgan fingerprint density at radius 2 is 2.11 bits per heavy atom. The van der Waals surface area contributed by atoms with Crippen molar-refractivity contribution >= 4 is 25.9 Å². The van der Waals surface area contributed by atoms with Crippen LogP contribution in [0.1, 0.15) is 12.8 Å². The fourth-order valence-electron chi connectivity index (χ4n) is 0.809. The molecule has 1 rings (SSSR count). The highest BCUT2D eigenvalue weighted by atomic mass is 35.5. The predicted octanol–water partition coefficient (Wildman–Crippen LogP) is 1.24. The van der Waals surface area contributed by atoms with E-state index in [1.807, 2.05) is 0 Å². The third-order valence-corrected chi connectivity index (χ3v) is 1.24. The number of halogens is 2. The standard InChI is InChI=1S/C5H10FN.ClH.H2S/c6-5-2-1-3-7-4-5;;/h5,7H,1-4H2;1H;1H2/t5-;;/m0../s1. The first-order chi connectivity index (χ1) is 3.39. The van der Waals surface area contributed by atoms with Gasteiger partial charge in [0.1, 0.15) is 6.17 Å². The Hall–Kier alpha value is 0.530. The Balaban J connectivity index is 0. The summed E-state index contributed by atoms with van der Waals surface area (Å²) in [5.41, 5.74) is 0. The highest BCUT2D eigenvalue weighted by molar-refractivity contribution is 7.59. The van der Waals surface area contributed by atoms with Crippen molar-refractivity contribution < 1.29 is 4.39 Å². The average Bonchev–Trinajstić information content (AvgIpc) is 1.69. The molecule has 1 nitrogen and oxygen atoms in total. The van der Waals surface area contributed by atoms with Gasteiger partial charge in [0, 0.05) is 6.54 Å². The van der Waals surface area contributed by atoms with Gasteiger partial charge in [0.25, 0.3) is 0 Å². The number of piperidine rings is 1. The summed E-state index contributed by atoms with van der Waals surface area (Å²) in [6, 6.07) is 0. The van der Waals surface area contributed by atoms with Gasteiger partial charge in [0.15, 0.2) is 0 Å². The molecule has 4 heteroatoms. The summed E-state index contributed by atoms with van der Waals surface area (Å²) in [4.78, 5) is 0. The van der Waals surface area contributed by atoms with Gasteiger partial charge in [-0.3, -0.25) is 0 Å². The molecule has 58 valence electrons. The lowest BCUT2D eigenvalue weighted by Gasteiger charge is -2.14. The fourth-order valence-corrected chi connectivity index (χ4v) is 0.809. The smallest absolute Gasteiger partial charge is 0.113 e. The summed E-state index contributed by atoms with van der Waals surface area (Å²) in [6.07, 6.45) is 1.18. The van der Waals surface area contributed by atoms with Crippen LogP contribution >= 0.6 is 25.9 Å². The van der Waals surface area contributed by atoms with Gasteiger partial charge in [-0.1, -0.05) is 0 Å². The van der Waals surface area contributed by atoms with Crippen molar-refractivity contribution in [3.63, 3.8) is 0 Å². The Kier molecular flexibility index (Phi) is 9.03. The molecule has 0 bridgehead atoms. The van der Waals surface area contributed by atoms with Crippen LogP contribution in [0.3, 0.4) is 0 Å². The van der Waals surface area contributed by atoms with Gasteiger partial charge in [-0.15, -0.1) is 12.4 Å². The molecule has 1 heterocycles. The minimum absolute atomic E-state index is 0. The highest BCUT2D eigenvalue weighted by Crippen LogP contribution is 2.03. The van der Waals surface area contributed by atoms with Gasteiger partial charge < -0.3 is 5.32 Å². The van der Waals surface area contributed by atoms with E-state index in [2.05, 4.69) is 5.32 Å². The summed E-state index contributed by atoms with van der Waals surface area (Å²) < 4.78 is 12.1. The summed E-state index contributed by atoms with van der Waals surface area (Å²) in [5.74, 6) is 0. The van der Waals surface area contributed by atoms with Crippen molar-refractivity contribution in [3.05, 3.63) is 0 Å². The van der Waals surface area contributed by atoms with Crippen molar-refractivity contribution in [3.8, 4) is 0 Å². The van der Waals surface area contributed by atoms with E-state index in [1.165, 1.54) is 0 Å². The van der Waals surface area contributed by atoms with Crippen molar-refractivity contribution in [1.29, 1.82) is 0 Å². The first-order valence-electron chi connectivity index (χ1n) is 2.74. The van der Waals surface area contributed by atoms with Crippen molar-refractivity contribution in [2.75, 3.05) is 13.1 Å². The molecule has 0 unspecified atom stereocenters. The third kappa shape index (κ3) is 5.00. The molecule has 1 saturated heterocycles. The molecule has 0 aliphatic carbocycles. The average molecular weight is 174 g/mol. The van der Waals surface area contributed by atoms with E-state index >= 15 is 0 Å². The van der Waals surface area contributed by atoms with Gasteiger partial charge >= 0.3 is 0 Å². The molecule has 0 aromatic rings. The molecule has 1 aliphatic heterocycles. The van der Waals surface area contributed by atoms with E-state index in [4.69, 9.17) is 0 Å². The van der Waals surface area contributed by atoms with Gasteiger partial charge in [-0.05, 0) is 19.4 Å². The largest absolute Gasteiger partial charge is 0.314 e. The Labute approximate surface area is 68.3 Å². The van der Waals surface area contributed by atoms with E-state index in [0.29, 0.717) is 6.54 Å². The van der Waals surface area contributed by atoms with E-state index in [1.54, 1.807) is 0 Å². The van der Waals surface area contributed by atoms with E-state index in [0.717, 1.165) is 19.4 Å². The molecule has 0 spiro atoms. The number of hydrogen-bond donors (Lipinski definition) is 1. The van der Waals surface area contributed by atoms with Crippen molar-refractivity contribution in [2.45, 2.75) is 19.0 Å². The van der Waals surface area contributed by atoms with Gasteiger partial charge in [0.05, 0.1) is 0 Å². The maximum absolute atomic E-state index is 12.1. The lowest BCUT2D eigenvalue weighted by atomic mass is 10.1. The number of rotatable bonds is 0. The second kappa shape index (κ2) is 6.65. The summed E-state index contributed by atoms with van der Waals surface area (Å²) in [6.45, 7) is 1.57. The molecule has 9 heavy (non-hydrogen) atoms. The topological polar surface area (TPSA) is 12.0 Å². The fraction of sp³-hybridized carbons (Fsp3) is 1.00. The minimum Gasteiger partial charge on any atom is -0.314 e. The number of alkyl halides is 1. The second-order valence-electron chi connectivity index (χ2n) is 1.94. The Morgan fingerprint density at radius 3 is 2.33 bits per heavy atom. The van der Waals surface area contributed by atoms with Crippen LogP contribution in [0.4, 0.5) is 4.39 Å². The molecular formula is C5H13ClFNS. The van der Waals surface area contributed by atoms with Crippen LogP contribution in [0.25, 0.3) is 0 Å². The zero-order chi connectivity index (χ0) is 5.11. The zero-order valence-electron chi connectivity index (χ0n) is 5.19. The molecule has 1 fully saturated rings. The van der Waals surface area contributed by atoms with Crippen LogP contribution in [0.2, 0.25) is 0 Å². The van der Waals surface area contributed by atoms with E-state index in [9.17, 15) is 4.39 Å². The molecule has 0 aromatic carbocycles. The Morgan fingerprint density at radius 1 is 1.44 bits per heavy atom. The minimum atomic E-state index is -0.575. The van der Waals surface area contributed by atoms with Gasteiger partial charge in [0.2, 0.25) is 0 Å². The van der Waals surface area contributed by atoms with Crippen LogP contribution in [0.5, 0.6) is 0 Å². The monoisotopic (exact) mass is 173 g/mol. The molecule has 0 radical (unpaired) electrons. The predicted molar refractivity (Wildman–Crippen MR) is 44.6 cm³/mol. The maximum Gasteiger partial charge on any atom is 0.113 e. The maximum atomic E-state index is 12.1. The molecule has 0 amide bonds. The van der Waals surface area contributed by atoms with Gasteiger partial charge in [-0.2, -0.15) is 13.5 Å². The van der Waals surface area contributed by atoms with Crippen LogP contribution in [-0.2, 0) is 0 Å². The Bertz CT molecular complexity index is 58.9. The molecule has 0 saturated carbocycles. The lowest BCUT2D eigenvalue weighted by Crippen LogP contribution is -2.30. The second-order valence-corrected chi connectivity index (χ2v) is 1.94. The molecule has 1 atom stereocenters. The summed E-state index contributed by atoms with van der Waals surface area (Å²) >= 11 is 0.